The molecular formula is C29H25F4N7O3. The summed E-state index contributed by atoms with van der Waals surface area (Å²) in [6, 6.07) is 9.66. The van der Waals surface area contributed by atoms with Crippen LogP contribution >= 0.6 is 0 Å². The minimum Gasteiger partial charge on any atom is -0.350 e. The summed E-state index contributed by atoms with van der Waals surface area (Å²) in [5.74, 6) is -6.20. The summed E-state index contributed by atoms with van der Waals surface area (Å²) in [5.41, 5.74) is -1.29. The fraction of sp³-hybridized carbons (Fsp3) is 0.345. The van der Waals surface area contributed by atoms with Crippen LogP contribution in [0.1, 0.15) is 48.9 Å². The molecule has 2 amide bonds. The maximum atomic E-state index is 14.7. The molecular weight excluding hydrogens is 570 g/mol. The van der Waals surface area contributed by atoms with Gasteiger partial charge in [0.05, 0.1) is 23.0 Å². The van der Waals surface area contributed by atoms with Crippen LogP contribution in [0.3, 0.4) is 0 Å². The average molecular weight is 596 g/mol. The van der Waals surface area contributed by atoms with Gasteiger partial charge in [0.2, 0.25) is 5.91 Å². The van der Waals surface area contributed by atoms with E-state index >= 15 is 0 Å². The van der Waals surface area contributed by atoms with Gasteiger partial charge < -0.3 is 5.32 Å². The van der Waals surface area contributed by atoms with Gasteiger partial charge in [-0.25, -0.2) is 22.5 Å². The molecule has 2 aromatic heterocycles. The molecule has 14 heteroatoms. The van der Waals surface area contributed by atoms with Crippen LogP contribution in [0.25, 0.3) is 0 Å². The molecule has 3 heterocycles. The van der Waals surface area contributed by atoms with E-state index in [9.17, 15) is 37.6 Å². The number of fused-ring (bicyclic) bond motifs is 1. The van der Waals surface area contributed by atoms with E-state index in [-0.39, 0.29) is 48.4 Å². The number of carbonyl (C=O) groups excluding carboxylic acids is 2. The molecule has 0 spiro atoms. The fourth-order valence-electron chi connectivity index (χ4n) is 6.13. The van der Waals surface area contributed by atoms with Crippen molar-refractivity contribution in [1.29, 1.82) is 5.26 Å². The summed E-state index contributed by atoms with van der Waals surface area (Å²) in [5, 5.41) is 25.6. The molecule has 1 aromatic carbocycles. The van der Waals surface area contributed by atoms with Crippen molar-refractivity contribution in [1.82, 2.24) is 20.5 Å². The molecule has 2 atom stereocenters. The largest absolute Gasteiger partial charge is 0.350 e. The van der Waals surface area contributed by atoms with E-state index in [1.165, 1.54) is 24.5 Å². The van der Waals surface area contributed by atoms with Gasteiger partial charge in [-0.15, -0.1) is 0 Å². The number of nitrogens with one attached hydrogen (secondary N) is 1. The minimum absolute atomic E-state index is 0.00368. The van der Waals surface area contributed by atoms with Crippen molar-refractivity contribution in [3.8, 4) is 6.07 Å². The molecule has 2 aliphatic carbocycles. The van der Waals surface area contributed by atoms with Gasteiger partial charge in [-0.1, -0.05) is 11.2 Å². The number of carbonyl (C=O) groups is 2. The van der Waals surface area contributed by atoms with Gasteiger partial charge in [-0.05, 0) is 55.2 Å². The number of benzene rings is 1. The average Bonchev–Trinajstić information content (AvgIpc) is 3.53. The number of hydrazine groups is 1. The van der Waals surface area contributed by atoms with Crippen molar-refractivity contribution >= 4 is 23.3 Å². The van der Waals surface area contributed by atoms with Gasteiger partial charge in [0.15, 0.2) is 5.54 Å². The van der Waals surface area contributed by atoms with Gasteiger partial charge in [-0.2, -0.15) is 5.26 Å². The fourth-order valence-corrected chi connectivity index (χ4v) is 6.13. The molecule has 3 aromatic rings. The second-order valence-electron chi connectivity index (χ2n) is 10.9. The molecule has 0 radical (unpaired) electrons. The van der Waals surface area contributed by atoms with Crippen LogP contribution in [0.5, 0.6) is 0 Å². The molecule has 43 heavy (non-hydrogen) atoms. The van der Waals surface area contributed by atoms with Gasteiger partial charge in [0, 0.05) is 43.8 Å². The van der Waals surface area contributed by atoms with Crippen LogP contribution in [-0.4, -0.2) is 50.3 Å². The first-order chi connectivity index (χ1) is 20.5. The van der Waals surface area contributed by atoms with E-state index in [4.69, 9.17) is 0 Å². The number of alkyl halides is 2. The Hall–Kier alpha value is -4.61. The lowest BCUT2D eigenvalue weighted by Crippen LogP contribution is -2.67. The molecule has 6 rings (SSSR count). The van der Waals surface area contributed by atoms with Gasteiger partial charge >= 0.3 is 0 Å². The number of hydrogen-bond acceptors (Lipinski definition) is 8. The van der Waals surface area contributed by atoms with Crippen LogP contribution in [0.15, 0.2) is 54.9 Å². The number of aromatic nitrogens is 2. The second kappa shape index (κ2) is 10.6. The maximum Gasteiger partial charge on any atom is 0.254 e. The lowest BCUT2D eigenvalue weighted by atomic mass is 9.86. The third-order valence-electron chi connectivity index (χ3n) is 8.07. The summed E-state index contributed by atoms with van der Waals surface area (Å²) in [4.78, 5) is 37.1. The van der Waals surface area contributed by atoms with E-state index in [2.05, 4.69) is 15.3 Å². The van der Waals surface area contributed by atoms with Crippen molar-refractivity contribution in [3.63, 3.8) is 0 Å². The van der Waals surface area contributed by atoms with E-state index in [0.29, 0.717) is 16.8 Å². The number of halogens is 4. The zero-order valence-corrected chi connectivity index (χ0v) is 22.6. The number of hydroxylamine groups is 1. The SMILES string of the molecule is N#Cc1ccnc(N2C(=O)CC[C@H]2N(O)N(c2cc(F)cc(F)c2)[C@@]2(C(=O)NC3CC(F)(F)C3)CCc3cccnc32)c1. The first-order valence-corrected chi connectivity index (χ1v) is 13.6. The summed E-state index contributed by atoms with van der Waals surface area (Å²) in [6.45, 7) is 0. The smallest absolute Gasteiger partial charge is 0.254 e. The Morgan fingerprint density at radius 3 is 2.53 bits per heavy atom. The summed E-state index contributed by atoms with van der Waals surface area (Å²) in [7, 11) is 0. The minimum atomic E-state index is -2.94. The van der Waals surface area contributed by atoms with Crippen LogP contribution in [0, 0.1) is 23.0 Å². The highest BCUT2D eigenvalue weighted by atomic mass is 19.3. The first-order valence-electron chi connectivity index (χ1n) is 13.6. The monoisotopic (exact) mass is 595 g/mol. The second-order valence-corrected chi connectivity index (χ2v) is 10.9. The number of anilines is 2. The highest BCUT2D eigenvalue weighted by Gasteiger charge is 2.57. The molecule has 222 valence electrons. The quantitative estimate of drug-likeness (QED) is 0.311. The molecule has 0 bridgehead atoms. The molecule has 1 saturated carbocycles. The third-order valence-corrected chi connectivity index (χ3v) is 8.07. The number of rotatable bonds is 7. The summed E-state index contributed by atoms with van der Waals surface area (Å²) < 4.78 is 56.9. The van der Waals surface area contributed by atoms with E-state index in [0.717, 1.165) is 22.0 Å². The molecule has 1 saturated heterocycles. The normalized spacial score (nSPS) is 22.7. The van der Waals surface area contributed by atoms with E-state index < -0.39 is 60.0 Å². The predicted octanol–water partition coefficient (Wildman–Crippen LogP) is 3.95. The number of nitriles is 1. The molecule has 2 N–H and O–H groups in total. The zero-order valence-electron chi connectivity index (χ0n) is 22.6. The first kappa shape index (κ1) is 28.5. The number of aryl methyl sites for hydroxylation is 1. The Bertz CT molecular complexity index is 1620. The third kappa shape index (κ3) is 4.94. The van der Waals surface area contributed by atoms with Crippen molar-refractivity contribution in [2.75, 3.05) is 9.91 Å². The lowest BCUT2D eigenvalue weighted by Gasteiger charge is -2.48. The Balaban J connectivity index is 1.50. The van der Waals surface area contributed by atoms with Crippen LogP contribution in [0.4, 0.5) is 29.1 Å². The summed E-state index contributed by atoms with van der Waals surface area (Å²) >= 11 is 0. The summed E-state index contributed by atoms with van der Waals surface area (Å²) in [6.07, 6.45) is 0.466. The highest BCUT2D eigenvalue weighted by molar-refractivity contribution is 5.96. The maximum absolute atomic E-state index is 14.7. The topological polar surface area (TPSA) is 126 Å². The highest BCUT2D eigenvalue weighted by Crippen LogP contribution is 2.46. The Labute approximate surface area is 243 Å². The molecule has 2 fully saturated rings. The number of amides is 2. The van der Waals surface area contributed by atoms with Crippen molar-refractivity contribution in [3.05, 3.63) is 83.3 Å². The standard InChI is InChI=1S/C29H25F4N7O3/c30-19-11-20(31)13-22(12-19)39(40(43)24-3-4-25(41)38(24)23-10-17(16-34)6-9-35-23)29(7-5-18-2-1-8-36-26(18)29)27(42)37-21-14-28(32,33)15-21/h1-2,6,8-13,21,24,43H,3-5,7,14-15H2,(H,37,42)/t24-,29+/m1/s1. The zero-order chi connectivity index (χ0) is 30.5. The molecule has 0 unspecified atom stereocenters. The van der Waals surface area contributed by atoms with Gasteiger partial charge in [0.25, 0.3) is 11.8 Å². The van der Waals surface area contributed by atoms with E-state index in [1.54, 1.807) is 12.1 Å². The Morgan fingerprint density at radius 1 is 1.09 bits per heavy atom. The van der Waals surface area contributed by atoms with Crippen molar-refractivity contribution in [2.24, 2.45) is 0 Å². The Kier molecular flexibility index (Phi) is 7.02. The lowest BCUT2D eigenvalue weighted by molar-refractivity contribution is -0.165. The van der Waals surface area contributed by atoms with Crippen LogP contribution in [-0.2, 0) is 21.5 Å². The predicted molar refractivity (Wildman–Crippen MR) is 142 cm³/mol. The molecule has 1 aliphatic heterocycles. The number of hydrogen-bond donors (Lipinski definition) is 2. The van der Waals surface area contributed by atoms with E-state index in [1.807, 2.05) is 6.07 Å². The van der Waals surface area contributed by atoms with Gasteiger partial charge in [-0.3, -0.25) is 29.7 Å². The van der Waals surface area contributed by atoms with Crippen LogP contribution < -0.4 is 15.2 Å². The molecule has 10 nitrogen and oxygen atoms in total. The number of nitrogens with zero attached hydrogens (tertiary/aromatic N) is 6. The van der Waals surface area contributed by atoms with Crippen molar-refractivity contribution in [2.45, 2.75) is 62.2 Å². The Morgan fingerprint density at radius 2 is 1.84 bits per heavy atom. The molecule has 3 aliphatic rings. The van der Waals surface area contributed by atoms with Crippen molar-refractivity contribution < 1.29 is 32.4 Å². The van der Waals surface area contributed by atoms with Crippen LogP contribution in [0.2, 0.25) is 0 Å². The number of pyridine rings is 2. The van der Waals surface area contributed by atoms with Gasteiger partial charge in [0.1, 0.15) is 23.6 Å².